The Labute approximate surface area is 113 Å². The van der Waals surface area contributed by atoms with Gasteiger partial charge in [-0.1, -0.05) is 0 Å². The van der Waals surface area contributed by atoms with Crippen molar-refractivity contribution in [3.8, 4) is 0 Å². The van der Waals surface area contributed by atoms with Crippen LogP contribution in [0.3, 0.4) is 0 Å². The molecule has 2 aliphatic heterocycles. The largest absolute Gasteiger partial charge is 0.394 e. The molecule has 3 rings (SSSR count). The average Bonchev–Trinajstić information content (AvgIpc) is 2.91. The summed E-state index contributed by atoms with van der Waals surface area (Å²) in [6.07, 6.45) is -0.422. The molecule has 2 aliphatic rings. The second-order valence-corrected chi connectivity index (χ2v) is 4.93. The van der Waals surface area contributed by atoms with Crippen molar-refractivity contribution in [2.75, 3.05) is 11.9 Å². The normalized spacial score (nSPS) is 31.6. The number of rotatable bonds is 2. The Bertz CT molecular complexity index is 544. The Hall–Kier alpha value is -1.72. The molecule has 1 amide bonds. The van der Waals surface area contributed by atoms with Gasteiger partial charge in [0.05, 0.1) is 19.0 Å². The second-order valence-electron chi connectivity index (χ2n) is 4.93. The highest BCUT2D eigenvalue weighted by molar-refractivity contribution is 5.99. The lowest BCUT2D eigenvalue weighted by Crippen LogP contribution is -2.70. The van der Waals surface area contributed by atoms with Crippen molar-refractivity contribution in [1.82, 2.24) is 14.9 Å². The van der Waals surface area contributed by atoms with E-state index in [1.165, 1.54) is 10.9 Å². The highest BCUT2D eigenvalue weighted by Gasteiger charge is 2.40. The topological polar surface area (TPSA) is 161 Å². The molecule has 0 aromatic carbocycles. The lowest BCUT2D eigenvalue weighted by molar-refractivity contribution is -0.0497. The van der Waals surface area contributed by atoms with Crippen LogP contribution in [0.25, 0.3) is 0 Å². The van der Waals surface area contributed by atoms with Crippen LogP contribution in [0.4, 0.5) is 5.82 Å². The third-order valence-electron chi connectivity index (χ3n) is 3.30. The van der Waals surface area contributed by atoms with Crippen LogP contribution >= 0.6 is 0 Å². The van der Waals surface area contributed by atoms with Gasteiger partial charge >= 0.3 is 0 Å². The monoisotopic (exact) mass is 284 g/mol. The molecule has 3 heterocycles. The summed E-state index contributed by atoms with van der Waals surface area (Å²) in [5.74, 6) is -1.86. The highest BCUT2D eigenvalue weighted by atomic mass is 16.5. The van der Waals surface area contributed by atoms with Crippen molar-refractivity contribution in [1.29, 1.82) is 0 Å². The van der Waals surface area contributed by atoms with Crippen molar-refractivity contribution >= 4 is 11.7 Å². The van der Waals surface area contributed by atoms with Crippen molar-refractivity contribution in [2.45, 2.75) is 30.8 Å². The predicted molar refractivity (Wildman–Crippen MR) is 66.0 cm³/mol. The zero-order valence-electron chi connectivity index (χ0n) is 10.5. The number of nitrogens with two attached hydrogens (primary N) is 2. The number of ether oxygens (including phenoxy) is 1. The summed E-state index contributed by atoms with van der Waals surface area (Å²) in [6, 6.07) is 0. The van der Waals surface area contributed by atoms with E-state index in [0.717, 1.165) is 0 Å². The van der Waals surface area contributed by atoms with Gasteiger partial charge in [0.25, 0.3) is 5.91 Å². The molecule has 3 atom stereocenters. The standard InChI is InChI=1S/C10H16N6O4/c11-10(12)14-7-6(8(19)15-10)13-3-16(7)9-5(18)1-4(2-17)20-9/h3-5,9,14,17-18H,1-2,11-12H2,(H,15,19)/t4-,5+,9+/m0/s1. The number of anilines is 1. The number of nitrogens with one attached hydrogen (secondary N) is 2. The van der Waals surface area contributed by atoms with Gasteiger partial charge < -0.3 is 25.6 Å². The third kappa shape index (κ3) is 2.03. The van der Waals surface area contributed by atoms with Crippen molar-refractivity contribution in [3.63, 3.8) is 0 Å². The molecule has 10 heteroatoms. The molecule has 0 saturated carbocycles. The molecule has 1 fully saturated rings. The third-order valence-corrected chi connectivity index (χ3v) is 3.30. The van der Waals surface area contributed by atoms with Crippen LogP contribution in [-0.4, -0.2) is 50.4 Å². The predicted octanol–water partition coefficient (Wildman–Crippen LogP) is -2.79. The van der Waals surface area contributed by atoms with Crippen LogP contribution in [-0.2, 0) is 4.74 Å². The molecule has 0 aliphatic carbocycles. The van der Waals surface area contributed by atoms with Gasteiger partial charge in [-0.05, 0) is 0 Å². The molecule has 0 unspecified atom stereocenters. The van der Waals surface area contributed by atoms with Crippen LogP contribution in [0.5, 0.6) is 0 Å². The first-order valence-corrected chi connectivity index (χ1v) is 6.11. The summed E-state index contributed by atoms with van der Waals surface area (Å²) in [7, 11) is 0. The number of aliphatic hydroxyl groups excluding tert-OH is 2. The minimum Gasteiger partial charge on any atom is -0.394 e. The second kappa shape index (κ2) is 4.40. The summed E-state index contributed by atoms with van der Waals surface area (Å²) < 4.78 is 6.95. The summed E-state index contributed by atoms with van der Waals surface area (Å²) in [6.45, 7) is -0.198. The van der Waals surface area contributed by atoms with Crippen LogP contribution in [0.15, 0.2) is 6.33 Å². The van der Waals surface area contributed by atoms with Crippen molar-refractivity contribution in [3.05, 3.63) is 12.0 Å². The van der Waals surface area contributed by atoms with E-state index in [0.29, 0.717) is 0 Å². The first-order valence-electron chi connectivity index (χ1n) is 6.11. The number of nitrogens with zero attached hydrogens (tertiary/aromatic N) is 2. The van der Waals surface area contributed by atoms with Gasteiger partial charge in [0.15, 0.2) is 11.9 Å². The molecule has 110 valence electrons. The maximum absolute atomic E-state index is 11.8. The molecule has 1 aromatic heterocycles. The molecule has 8 N–H and O–H groups in total. The highest BCUT2D eigenvalue weighted by Crippen LogP contribution is 2.33. The van der Waals surface area contributed by atoms with Gasteiger partial charge in [0.2, 0.25) is 5.91 Å². The summed E-state index contributed by atoms with van der Waals surface area (Å²) in [5, 5.41) is 24.1. The van der Waals surface area contributed by atoms with Crippen LogP contribution < -0.4 is 22.1 Å². The number of imidazole rings is 1. The molecule has 10 nitrogen and oxygen atoms in total. The number of fused-ring (bicyclic) bond motifs is 1. The van der Waals surface area contributed by atoms with Crippen LogP contribution in [0.1, 0.15) is 23.1 Å². The number of hydrogen-bond acceptors (Lipinski definition) is 8. The van der Waals surface area contributed by atoms with E-state index in [1.54, 1.807) is 0 Å². The molecular formula is C10H16N6O4. The Kier molecular flexibility index (Phi) is 2.92. The van der Waals surface area contributed by atoms with Gasteiger partial charge in [0, 0.05) is 6.42 Å². The van der Waals surface area contributed by atoms with Gasteiger partial charge in [-0.3, -0.25) is 20.8 Å². The van der Waals surface area contributed by atoms with E-state index in [-0.39, 0.29) is 24.5 Å². The van der Waals surface area contributed by atoms with Crippen LogP contribution in [0.2, 0.25) is 0 Å². The molecule has 20 heavy (non-hydrogen) atoms. The number of aromatic nitrogens is 2. The Morgan fingerprint density at radius 1 is 1.55 bits per heavy atom. The first-order chi connectivity index (χ1) is 9.41. The zero-order chi connectivity index (χ0) is 14.5. The Morgan fingerprint density at radius 3 is 2.95 bits per heavy atom. The van der Waals surface area contributed by atoms with Crippen molar-refractivity contribution in [2.24, 2.45) is 11.5 Å². The van der Waals surface area contributed by atoms with Gasteiger partial charge in [0.1, 0.15) is 11.9 Å². The number of carbonyl (C=O) groups is 1. The van der Waals surface area contributed by atoms with Crippen molar-refractivity contribution < 1.29 is 19.7 Å². The molecular weight excluding hydrogens is 268 g/mol. The smallest absolute Gasteiger partial charge is 0.277 e. The SMILES string of the molecule is NC1(N)NC(=O)c2ncn([C@@H]3O[C@H](CO)C[C@H]3O)c2N1. The maximum Gasteiger partial charge on any atom is 0.277 e. The van der Waals surface area contributed by atoms with E-state index in [2.05, 4.69) is 15.6 Å². The van der Waals surface area contributed by atoms with E-state index in [9.17, 15) is 9.90 Å². The molecule has 0 spiro atoms. The fourth-order valence-corrected chi connectivity index (χ4v) is 2.42. The number of hydrogen-bond donors (Lipinski definition) is 6. The Balaban J connectivity index is 1.95. The summed E-state index contributed by atoms with van der Waals surface area (Å²) >= 11 is 0. The first kappa shape index (κ1) is 13.3. The fraction of sp³-hybridized carbons (Fsp3) is 0.600. The number of carbonyl (C=O) groups excluding carboxylic acids is 1. The lowest BCUT2D eigenvalue weighted by Gasteiger charge is -2.33. The zero-order valence-corrected chi connectivity index (χ0v) is 10.5. The summed E-state index contributed by atoms with van der Waals surface area (Å²) in [4.78, 5) is 15.8. The fourth-order valence-electron chi connectivity index (χ4n) is 2.42. The lowest BCUT2D eigenvalue weighted by atomic mass is 10.2. The minimum absolute atomic E-state index is 0.111. The number of aliphatic hydroxyl groups is 2. The van der Waals surface area contributed by atoms with Gasteiger partial charge in [-0.2, -0.15) is 0 Å². The molecule has 0 radical (unpaired) electrons. The number of amides is 1. The van der Waals surface area contributed by atoms with Gasteiger partial charge in [-0.25, -0.2) is 4.98 Å². The maximum atomic E-state index is 11.8. The van der Waals surface area contributed by atoms with E-state index >= 15 is 0 Å². The average molecular weight is 284 g/mol. The summed E-state index contributed by atoms with van der Waals surface area (Å²) in [5.41, 5.74) is 11.4. The molecule has 1 aromatic rings. The van der Waals surface area contributed by atoms with E-state index < -0.39 is 30.3 Å². The van der Waals surface area contributed by atoms with E-state index in [4.69, 9.17) is 21.3 Å². The quantitative estimate of drug-likeness (QED) is 0.318. The van der Waals surface area contributed by atoms with E-state index in [1.807, 2.05) is 0 Å². The van der Waals surface area contributed by atoms with Crippen LogP contribution in [0, 0.1) is 0 Å². The minimum atomic E-state index is -1.61. The molecule has 0 bridgehead atoms. The molecule has 1 saturated heterocycles. The Morgan fingerprint density at radius 2 is 2.30 bits per heavy atom. The van der Waals surface area contributed by atoms with Gasteiger partial charge in [-0.15, -0.1) is 0 Å².